The van der Waals surface area contributed by atoms with Crippen LogP contribution < -0.4 is 19.5 Å². The number of methoxy groups -OCH3 is 2. The maximum Gasteiger partial charge on any atom is 0.341 e. The van der Waals surface area contributed by atoms with E-state index in [4.69, 9.17) is 19.3 Å². The highest BCUT2D eigenvalue weighted by molar-refractivity contribution is 5.94. The molecule has 2 aromatic rings. The van der Waals surface area contributed by atoms with E-state index in [-0.39, 0.29) is 11.9 Å². The molecule has 0 aliphatic heterocycles. The zero-order valence-electron chi connectivity index (χ0n) is 14.8. The van der Waals surface area contributed by atoms with Crippen molar-refractivity contribution in [3.8, 4) is 17.2 Å². The van der Waals surface area contributed by atoms with Crippen molar-refractivity contribution in [2.75, 3.05) is 20.8 Å². The Labute approximate surface area is 151 Å². The van der Waals surface area contributed by atoms with Gasteiger partial charge in [-0.2, -0.15) is 0 Å². The monoisotopic (exact) mass is 359 g/mol. The highest BCUT2D eigenvalue weighted by atomic mass is 16.5. The number of hydrogen-bond acceptors (Lipinski definition) is 5. The zero-order valence-corrected chi connectivity index (χ0v) is 14.8. The first-order valence-electron chi connectivity index (χ1n) is 7.92. The average Bonchev–Trinajstić information content (AvgIpc) is 2.65. The second kappa shape index (κ2) is 8.75. The van der Waals surface area contributed by atoms with Gasteiger partial charge in [-0.3, -0.25) is 4.79 Å². The Balaban J connectivity index is 2.14. The third-order valence-corrected chi connectivity index (χ3v) is 3.71. The third kappa shape index (κ3) is 4.89. The van der Waals surface area contributed by atoms with Crippen molar-refractivity contribution in [3.05, 3.63) is 53.6 Å². The normalized spacial score (nSPS) is 11.3. The van der Waals surface area contributed by atoms with E-state index >= 15 is 0 Å². The molecular weight excluding hydrogens is 338 g/mol. The van der Waals surface area contributed by atoms with Gasteiger partial charge in [0, 0.05) is 11.1 Å². The molecule has 1 amide bonds. The van der Waals surface area contributed by atoms with Crippen molar-refractivity contribution in [2.45, 2.75) is 13.0 Å². The van der Waals surface area contributed by atoms with Crippen LogP contribution in [0.1, 0.15) is 28.9 Å². The van der Waals surface area contributed by atoms with E-state index in [9.17, 15) is 9.59 Å². The first-order chi connectivity index (χ1) is 12.4. The van der Waals surface area contributed by atoms with Gasteiger partial charge in [0.2, 0.25) is 0 Å². The lowest BCUT2D eigenvalue weighted by molar-refractivity contribution is -0.139. The van der Waals surface area contributed by atoms with Crippen molar-refractivity contribution in [2.24, 2.45) is 0 Å². The van der Waals surface area contributed by atoms with Crippen LogP contribution in [0.25, 0.3) is 0 Å². The van der Waals surface area contributed by atoms with Crippen LogP contribution >= 0.6 is 0 Å². The molecule has 0 saturated carbocycles. The number of carbonyl (C=O) groups is 2. The van der Waals surface area contributed by atoms with E-state index in [1.807, 2.05) is 6.92 Å². The first kappa shape index (κ1) is 19.1. The number of nitrogens with one attached hydrogen (secondary N) is 1. The number of aliphatic carboxylic acids is 1. The van der Waals surface area contributed by atoms with Crippen molar-refractivity contribution >= 4 is 11.9 Å². The van der Waals surface area contributed by atoms with Gasteiger partial charge >= 0.3 is 5.97 Å². The van der Waals surface area contributed by atoms with Gasteiger partial charge in [0.05, 0.1) is 20.3 Å². The summed E-state index contributed by atoms with van der Waals surface area (Å²) in [5.74, 6) is 0.205. The summed E-state index contributed by atoms with van der Waals surface area (Å²) in [6.07, 6.45) is 0. The molecule has 7 heteroatoms. The smallest absolute Gasteiger partial charge is 0.341 e. The molecule has 0 aromatic heterocycles. The predicted molar refractivity (Wildman–Crippen MR) is 95.0 cm³/mol. The molecule has 0 spiro atoms. The minimum atomic E-state index is -1.08. The fourth-order valence-electron chi connectivity index (χ4n) is 2.41. The van der Waals surface area contributed by atoms with Crippen molar-refractivity contribution in [1.29, 1.82) is 0 Å². The Kier molecular flexibility index (Phi) is 6.43. The van der Waals surface area contributed by atoms with Crippen molar-refractivity contribution in [3.63, 3.8) is 0 Å². The Morgan fingerprint density at radius 1 is 1.08 bits per heavy atom. The molecule has 0 fully saturated rings. The van der Waals surface area contributed by atoms with Gasteiger partial charge in [-0.05, 0) is 43.3 Å². The van der Waals surface area contributed by atoms with E-state index < -0.39 is 12.6 Å². The lowest BCUT2D eigenvalue weighted by atomic mass is 10.1. The molecule has 0 radical (unpaired) electrons. The molecule has 0 saturated heterocycles. The van der Waals surface area contributed by atoms with E-state index in [0.717, 1.165) is 5.56 Å². The highest BCUT2D eigenvalue weighted by Crippen LogP contribution is 2.29. The third-order valence-electron chi connectivity index (χ3n) is 3.71. The number of ether oxygens (including phenoxy) is 3. The second-order valence-electron chi connectivity index (χ2n) is 5.51. The molecule has 7 nitrogen and oxygen atoms in total. The lowest BCUT2D eigenvalue weighted by Gasteiger charge is -2.18. The largest absolute Gasteiger partial charge is 0.497 e. The minimum absolute atomic E-state index is 0.312. The predicted octanol–water partition coefficient (Wildman–Crippen LogP) is 2.66. The molecule has 2 aromatic carbocycles. The summed E-state index contributed by atoms with van der Waals surface area (Å²) in [5, 5.41) is 11.5. The first-order valence-corrected chi connectivity index (χ1v) is 7.92. The Morgan fingerprint density at radius 2 is 1.85 bits per heavy atom. The van der Waals surface area contributed by atoms with Gasteiger partial charge < -0.3 is 24.6 Å². The van der Waals surface area contributed by atoms with Gasteiger partial charge in [-0.1, -0.05) is 6.07 Å². The number of benzene rings is 2. The van der Waals surface area contributed by atoms with Crippen LogP contribution in [-0.4, -0.2) is 37.8 Å². The summed E-state index contributed by atoms with van der Waals surface area (Å²) in [7, 11) is 3.13. The van der Waals surface area contributed by atoms with Crippen LogP contribution in [0.15, 0.2) is 42.5 Å². The fourth-order valence-corrected chi connectivity index (χ4v) is 2.41. The minimum Gasteiger partial charge on any atom is -0.497 e. The molecule has 2 rings (SSSR count). The van der Waals surface area contributed by atoms with Crippen LogP contribution in [0.5, 0.6) is 17.2 Å². The van der Waals surface area contributed by atoms with E-state index in [0.29, 0.717) is 22.8 Å². The average molecular weight is 359 g/mol. The molecule has 2 N–H and O–H groups in total. The number of amides is 1. The van der Waals surface area contributed by atoms with Crippen LogP contribution in [0.4, 0.5) is 0 Å². The maximum atomic E-state index is 12.5. The van der Waals surface area contributed by atoms with Gasteiger partial charge in [0.25, 0.3) is 5.91 Å². The summed E-state index contributed by atoms with van der Waals surface area (Å²) in [6.45, 7) is 1.36. The van der Waals surface area contributed by atoms with Crippen molar-refractivity contribution in [1.82, 2.24) is 5.32 Å². The lowest BCUT2D eigenvalue weighted by Crippen LogP contribution is -2.27. The molecule has 0 bridgehead atoms. The molecule has 0 heterocycles. The summed E-state index contributed by atoms with van der Waals surface area (Å²) in [4.78, 5) is 23.1. The number of carboxylic acids is 1. The summed E-state index contributed by atoms with van der Waals surface area (Å²) < 4.78 is 15.7. The SMILES string of the molecule is COc1ccc(OC)c(C(C)NC(=O)c2cccc(OCC(=O)O)c2)c1. The fraction of sp³-hybridized carbons (Fsp3) is 0.263. The zero-order chi connectivity index (χ0) is 19.1. The standard InChI is InChI=1S/C19H21NO6/c1-12(16-10-14(24-2)7-8-17(16)25-3)20-19(23)13-5-4-6-15(9-13)26-11-18(21)22/h4-10,12H,11H2,1-3H3,(H,20,23)(H,21,22). The van der Waals surface area contributed by atoms with Crippen LogP contribution in [0.2, 0.25) is 0 Å². The molecule has 0 aliphatic rings. The number of hydrogen-bond donors (Lipinski definition) is 2. The Bertz CT molecular complexity index is 789. The molecule has 138 valence electrons. The molecule has 0 aliphatic carbocycles. The van der Waals surface area contributed by atoms with Crippen LogP contribution in [-0.2, 0) is 4.79 Å². The quantitative estimate of drug-likeness (QED) is 0.753. The molecule has 26 heavy (non-hydrogen) atoms. The van der Waals surface area contributed by atoms with E-state index in [2.05, 4.69) is 5.32 Å². The van der Waals surface area contributed by atoms with Gasteiger partial charge in [0.15, 0.2) is 6.61 Å². The van der Waals surface area contributed by atoms with Crippen LogP contribution in [0, 0.1) is 0 Å². The number of carbonyl (C=O) groups excluding carboxylic acids is 1. The summed E-state index contributed by atoms with van der Waals surface area (Å²) in [6, 6.07) is 11.4. The summed E-state index contributed by atoms with van der Waals surface area (Å²) >= 11 is 0. The molecular formula is C19H21NO6. The van der Waals surface area contributed by atoms with E-state index in [1.54, 1.807) is 50.6 Å². The van der Waals surface area contributed by atoms with E-state index in [1.165, 1.54) is 6.07 Å². The highest BCUT2D eigenvalue weighted by Gasteiger charge is 2.16. The Morgan fingerprint density at radius 3 is 2.50 bits per heavy atom. The van der Waals surface area contributed by atoms with Crippen LogP contribution in [0.3, 0.4) is 0 Å². The van der Waals surface area contributed by atoms with Crippen molar-refractivity contribution < 1.29 is 28.9 Å². The summed E-state index contributed by atoms with van der Waals surface area (Å²) in [5.41, 5.74) is 1.14. The topological polar surface area (TPSA) is 94.1 Å². The van der Waals surface area contributed by atoms with Gasteiger partial charge in [0.1, 0.15) is 17.2 Å². The number of carboxylic acid groups (broad SMARTS) is 1. The maximum absolute atomic E-state index is 12.5. The molecule has 1 unspecified atom stereocenters. The second-order valence-corrected chi connectivity index (χ2v) is 5.51. The molecule has 1 atom stereocenters. The van der Waals surface area contributed by atoms with Gasteiger partial charge in [-0.25, -0.2) is 4.79 Å². The Hall–Kier alpha value is -3.22. The number of rotatable bonds is 8. The van der Waals surface area contributed by atoms with Gasteiger partial charge in [-0.15, -0.1) is 0 Å².